The number of amides is 1. The van der Waals surface area contributed by atoms with Gasteiger partial charge in [0.05, 0.1) is 5.56 Å². The van der Waals surface area contributed by atoms with E-state index in [1.165, 1.54) is 24.4 Å². The van der Waals surface area contributed by atoms with Crippen molar-refractivity contribution in [3.05, 3.63) is 53.5 Å². The molecule has 1 aromatic heterocycles. The molecule has 18 heavy (non-hydrogen) atoms. The van der Waals surface area contributed by atoms with E-state index in [1.54, 1.807) is 19.1 Å². The second kappa shape index (κ2) is 4.83. The Bertz CT molecular complexity index is 599. The third-order valence-corrected chi connectivity index (χ3v) is 2.52. The summed E-state index contributed by atoms with van der Waals surface area (Å²) in [7, 11) is 0. The summed E-state index contributed by atoms with van der Waals surface area (Å²) in [5.74, 6) is -0.545. The number of anilines is 2. The molecule has 2 aromatic rings. The lowest BCUT2D eigenvalue weighted by Crippen LogP contribution is -2.15. The SMILES string of the molecule is Cc1cc(F)ccc1NC(=O)c1cccnc1N. The summed E-state index contributed by atoms with van der Waals surface area (Å²) >= 11 is 0. The highest BCUT2D eigenvalue weighted by Gasteiger charge is 2.11. The first kappa shape index (κ1) is 12.0. The van der Waals surface area contributed by atoms with Crippen LogP contribution in [0.1, 0.15) is 15.9 Å². The summed E-state index contributed by atoms with van der Waals surface area (Å²) in [4.78, 5) is 15.8. The molecule has 1 amide bonds. The van der Waals surface area contributed by atoms with Gasteiger partial charge in [-0.2, -0.15) is 0 Å². The average Bonchev–Trinajstić information content (AvgIpc) is 2.33. The lowest BCUT2D eigenvalue weighted by atomic mass is 10.1. The van der Waals surface area contributed by atoms with Gasteiger partial charge in [-0.15, -0.1) is 0 Å². The van der Waals surface area contributed by atoms with E-state index in [9.17, 15) is 9.18 Å². The number of halogens is 1. The van der Waals surface area contributed by atoms with Crippen molar-refractivity contribution >= 4 is 17.4 Å². The maximum Gasteiger partial charge on any atom is 0.259 e. The Morgan fingerprint density at radius 3 is 2.83 bits per heavy atom. The van der Waals surface area contributed by atoms with E-state index in [0.717, 1.165) is 0 Å². The second-order valence-electron chi connectivity index (χ2n) is 3.85. The van der Waals surface area contributed by atoms with Crippen LogP contribution in [0.15, 0.2) is 36.5 Å². The summed E-state index contributed by atoms with van der Waals surface area (Å²) in [6, 6.07) is 7.35. The molecule has 0 saturated heterocycles. The number of hydrogen-bond donors (Lipinski definition) is 2. The molecular weight excluding hydrogens is 233 g/mol. The minimum absolute atomic E-state index is 0.162. The predicted molar refractivity (Wildman–Crippen MR) is 67.7 cm³/mol. The van der Waals surface area contributed by atoms with E-state index in [4.69, 9.17) is 5.73 Å². The lowest BCUT2D eigenvalue weighted by molar-refractivity contribution is 0.102. The molecule has 0 spiro atoms. The number of carbonyl (C=O) groups excluding carboxylic acids is 1. The summed E-state index contributed by atoms with van der Waals surface area (Å²) < 4.78 is 12.9. The van der Waals surface area contributed by atoms with E-state index < -0.39 is 0 Å². The summed E-state index contributed by atoms with van der Waals surface area (Å²) in [6.07, 6.45) is 1.51. The number of nitrogens with zero attached hydrogens (tertiary/aromatic N) is 1. The van der Waals surface area contributed by atoms with E-state index >= 15 is 0 Å². The smallest absolute Gasteiger partial charge is 0.259 e. The van der Waals surface area contributed by atoms with Crippen molar-refractivity contribution < 1.29 is 9.18 Å². The minimum atomic E-state index is -0.365. The average molecular weight is 245 g/mol. The molecule has 4 nitrogen and oxygen atoms in total. The normalized spacial score (nSPS) is 10.1. The highest BCUT2D eigenvalue weighted by atomic mass is 19.1. The predicted octanol–water partition coefficient (Wildman–Crippen LogP) is 2.36. The standard InChI is InChI=1S/C13H12FN3O/c1-8-7-9(14)4-5-11(8)17-13(18)10-3-2-6-16-12(10)15/h2-7H,1H3,(H2,15,16)(H,17,18). The van der Waals surface area contributed by atoms with Crippen LogP contribution in [0.4, 0.5) is 15.9 Å². The zero-order valence-electron chi connectivity index (χ0n) is 9.77. The van der Waals surface area contributed by atoms with E-state index in [2.05, 4.69) is 10.3 Å². The van der Waals surface area contributed by atoms with Gasteiger partial charge in [-0.25, -0.2) is 9.37 Å². The third-order valence-electron chi connectivity index (χ3n) is 2.52. The zero-order valence-corrected chi connectivity index (χ0v) is 9.77. The van der Waals surface area contributed by atoms with Gasteiger partial charge in [-0.05, 0) is 42.8 Å². The van der Waals surface area contributed by atoms with E-state index in [0.29, 0.717) is 16.8 Å². The summed E-state index contributed by atoms with van der Waals surface area (Å²) in [5.41, 5.74) is 7.09. The van der Waals surface area contributed by atoms with Crippen LogP contribution in [0.2, 0.25) is 0 Å². The molecule has 1 aromatic carbocycles. The monoisotopic (exact) mass is 245 g/mol. The Hall–Kier alpha value is -2.43. The quantitative estimate of drug-likeness (QED) is 0.853. The maximum atomic E-state index is 12.9. The second-order valence-corrected chi connectivity index (χ2v) is 3.85. The first-order valence-electron chi connectivity index (χ1n) is 5.36. The van der Waals surface area contributed by atoms with Gasteiger partial charge in [-0.3, -0.25) is 4.79 Å². The maximum absolute atomic E-state index is 12.9. The van der Waals surface area contributed by atoms with Crippen LogP contribution < -0.4 is 11.1 Å². The van der Waals surface area contributed by atoms with E-state index in [1.807, 2.05) is 0 Å². The fourth-order valence-corrected chi connectivity index (χ4v) is 1.57. The van der Waals surface area contributed by atoms with Gasteiger partial charge in [0, 0.05) is 11.9 Å². The van der Waals surface area contributed by atoms with Crippen LogP contribution in [-0.2, 0) is 0 Å². The molecule has 92 valence electrons. The Balaban J connectivity index is 2.24. The van der Waals surface area contributed by atoms with Crippen molar-refractivity contribution in [1.82, 2.24) is 4.98 Å². The minimum Gasteiger partial charge on any atom is -0.383 e. The van der Waals surface area contributed by atoms with Crippen LogP contribution in [-0.4, -0.2) is 10.9 Å². The van der Waals surface area contributed by atoms with Crippen molar-refractivity contribution in [2.75, 3.05) is 11.1 Å². The summed E-state index contributed by atoms with van der Waals surface area (Å²) in [5, 5.41) is 2.67. The number of hydrogen-bond acceptors (Lipinski definition) is 3. The molecule has 0 aliphatic heterocycles. The van der Waals surface area contributed by atoms with Crippen molar-refractivity contribution in [3.8, 4) is 0 Å². The van der Waals surface area contributed by atoms with Crippen LogP contribution >= 0.6 is 0 Å². The van der Waals surface area contributed by atoms with Gasteiger partial charge in [0.25, 0.3) is 5.91 Å². The van der Waals surface area contributed by atoms with Crippen LogP contribution in [0.25, 0.3) is 0 Å². The van der Waals surface area contributed by atoms with Gasteiger partial charge in [-0.1, -0.05) is 0 Å². The highest BCUT2D eigenvalue weighted by molar-refractivity contribution is 6.07. The number of nitrogen functional groups attached to an aromatic ring is 1. The van der Waals surface area contributed by atoms with Crippen molar-refractivity contribution in [3.63, 3.8) is 0 Å². The fourth-order valence-electron chi connectivity index (χ4n) is 1.57. The van der Waals surface area contributed by atoms with Gasteiger partial charge in [0.2, 0.25) is 0 Å². The number of pyridine rings is 1. The fraction of sp³-hybridized carbons (Fsp3) is 0.0769. The summed E-state index contributed by atoms with van der Waals surface area (Å²) in [6.45, 7) is 1.71. The third kappa shape index (κ3) is 2.45. The van der Waals surface area contributed by atoms with Crippen LogP contribution in [0, 0.1) is 12.7 Å². The Kier molecular flexibility index (Phi) is 3.23. The molecule has 0 atom stereocenters. The van der Waals surface area contributed by atoms with Crippen LogP contribution in [0.5, 0.6) is 0 Å². The van der Waals surface area contributed by atoms with Crippen molar-refractivity contribution in [1.29, 1.82) is 0 Å². The molecule has 3 N–H and O–H groups in total. The molecule has 1 heterocycles. The van der Waals surface area contributed by atoms with E-state index in [-0.39, 0.29) is 17.5 Å². The molecule has 0 bridgehead atoms. The number of aromatic nitrogens is 1. The first-order valence-corrected chi connectivity index (χ1v) is 5.36. The van der Waals surface area contributed by atoms with Gasteiger partial charge < -0.3 is 11.1 Å². The Morgan fingerprint density at radius 2 is 2.17 bits per heavy atom. The van der Waals surface area contributed by atoms with Gasteiger partial charge in [0.1, 0.15) is 11.6 Å². The number of rotatable bonds is 2. The number of nitrogens with one attached hydrogen (secondary N) is 1. The van der Waals surface area contributed by atoms with Crippen molar-refractivity contribution in [2.24, 2.45) is 0 Å². The lowest BCUT2D eigenvalue weighted by Gasteiger charge is -2.09. The van der Waals surface area contributed by atoms with Gasteiger partial charge in [0.15, 0.2) is 0 Å². The molecule has 0 fully saturated rings. The van der Waals surface area contributed by atoms with Gasteiger partial charge >= 0.3 is 0 Å². The van der Waals surface area contributed by atoms with Crippen LogP contribution in [0.3, 0.4) is 0 Å². The highest BCUT2D eigenvalue weighted by Crippen LogP contribution is 2.17. The number of carbonyl (C=O) groups is 1. The number of benzene rings is 1. The molecule has 0 unspecified atom stereocenters. The first-order chi connectivity index (χ1) is 8.58. The number of nitrogens with two attached hydrogens (primary N) is 1. The molecule has 0 aliphatic rings. The molecule has 5 heteroatoms. The van der Waals surface area contributed by atoms with Crippen molar-refractivity contribution in [2.45, 2.75) is 6.92 Å². The Labute approximate surface area is 104 Å². The molecular formula is C13H12FN3O. The largest absolute Gasteiger partial charge is 0.383 e. The topological polar surface area (TPSA) is 68.0 Å². The Morgan fingerprint density at radius 1 is 1.39 bits per heavy atom. The molecule has 0 aliphatic carbocycles. The zero-order chi connectivity index (χ0) is 13.1. The molecule has 0 saturated carbocycles. The molecule has 2 rings (SSSR count). The molecule has 0 radical (unpaired) electrons. The number of aryl methyl sites for hydroxylation is 1.